The first kappa shape index (κ1) is 23.8. The van der Waals surface area contributed by atoms with E-state index in [1.807, 2.05) is 42.3 Å². The van der Waals surface area contributed by atoms with E-state index in [-0.39, 0.29) is 23.9 Å². The molecule has 1 atom stereocenters. The second-order valence-corrected chi connectivity index (χ2v) is 9.00. The number of aryl methyl sites for hydroxylation is 1. The van der Waals surface area contributed by atoms with Gasteiger partial charge in [0.25, 0.3) is 0 Å². The van der Waals surface area contributed by atoms with Crippen LogP contribution in [0.25, 0.3) is 16.7 Å². The van der Waals surface area contributed by atoms with Gasteiger partial charge in [-0.15, -0.1) is 5.10 Å². The lowest BCUT2D eigenvalue weighted by Gasteiger charge is -2.33. The number of benzene rings is 2. The van der Waals surface area contributed by atoms with E-state index < -0.39 is 11.7 Å². The first-order valence-corrected chi connectivity index (χ1v) is 11.7. The van der Waals surface area contributed by atoms with Crippen molar-refractivity contribution in [3.8, 4) is 5.69 Å². The van der Waals surface area contributed by atoms with E-state index in [9.17, 15) is 18.0 Å². The minimum absolute atomic E-state index is 0.0482. The van der Waals surface area contributed by atoms with Crippen molar-refractivity contribution in [1.29, 1.82) is 0 Å². The first-order valence-electron chi connectivity index (χ1n) is 11.7. The number of alkyl halides is 3. The lowest BCUT2D eigenvalue weighted by molar-refractivity contribution is -0.138. The second kappa shape index (κ2) is 9.60. The quantitative estimate of drug-likeness (QED) is 0.436. The van der Waals surface area contributed by atoms with Crippen LogP contribution in [-0.4, -0.2) is 38.7 Å². The zero-order chi connectivity index (χ0) is 25.3. The number of nitrogens with one attached hydrogen (secondary N) is 1. The summed E-state index contributed by atoms with van der Waals surface area (Å²) >= 11 is 0. The largest absolute Gasteiger partial charge is 0.416 e. The fourth-order valence-electron chi connectivity index (χ4n) is 4.57. The summed E-state index contributed by atoms with van der Waals surface area (Å²) in [6.45, 7) is 2.97. The van der Waals surface area contributed by atoms with Crippen molar-refractivity contribution in [3.05, 3.63) is 77.7 Å². The van der Waals surface area contributed by atoms with E-state index in [4.69, 9.17) is 0 Å². The molecule has 0 bridgehead atoms. The van der Waals surface area contributed by atoms with Crippen LogP contribution in [0.4, 0.5) is 19.0 Å². The third kappa shape index (κ3) is 4.89. The van der Waals surface area contributed by atoms with Gasteiger partial charge in [0.2, 0.25) is 5.91 Å². The molecule has 10 heteroatoms. The topological polar surface area (TPSA) is 75.9 Å². The van der Waals surface area contributed by atoms with Gasteiger partial charge in [0.05, 0.1) is 22.6 Å². The number of carbonyl (C=O) groups is 1. The molecule has 5 rings (SSSR count). The summed E-state index contributed by atoms with van der Waals surface area (Å²) in [5.41, 5.74) is 1.92. The van der Waals surface area contributed by atoms with Gasteiger partial charge in [0, 0.05) is 25.8 Å². The Balaban J connectivity index is 1.32. The first-order chi connectivity index (χ1) is 17.3. The summed E-state index contributed by atoms with van der Waals surface area (Å²) in [7, 11) is 0. The summed E-state index contributed by atoms with van der Waals surface area (Å²) in [5, 5.41) is 8.06. The predicted octanol–water partition coefficient (Wildman–Crippen LogP) is 4.68. The molecule has 186 valence electrons. The minimum Gasteiger partial charge on any atom is -0.355 e. The summed E-state index contributed by atoms with van der Waals surface area (Å²) in [4.78, 5) is 23.7. The van der Waals surface area contributed by atoms with E-state index in [0.29, 0.717) is 31.0 Å². The molecule has 2 aromatic carbocycles. The van der Waals surface area contributed by atoms with Crippen molar-refractivity contribution >= 4 is 22.8 Å². The number of carbonyl (C=O) groups excluding carboxylic acids is 1. The maximum atomic E-state index is 13.3. The molecule has 0 spiro atoms. The van der Waals surface area contributed by atoms with Crippen molar-refractivity contribution < 1.29 is 18.0 Å². The number of rotatable bonds is 5. The Labute approximate surface area is 206 Å². The molecule has 3 heterocycles. The van der Waals surface area contributed by atoms with Crippen LogP contribution >= 0.6 is 0 Å². The Morgan fingerprint density at radius 2 is 1.89 bits per heavy atom. The molecule has 0 saturated carbocycles. The highest BCUT2D eigenvalue weighted by Crippen LogP contribution is 2.32. The van der Waals surface area contributed by atoms with Crippen molar-refractivity contribution in [3.63, 3.8) is 0 Å². The van der Waals surface area contributed by atoms with Crippen LogP contribution in [0, 0.1) is 12.8 Å². The van der Waals surface area contributed by atoms with Crippen LogP contribution in [0.1, 0.15) is 29.5 Å². The molecule has 1 N–H and O–H groups in total. The average molecular weight is 495 g/mol. The number of amides is 1. The maximum Gasteiger partial charge on any atom is 0.416 e. The van der Waals surface area contributed by atoms with Crippen LogP contribution in [0.5, 0.6) is 0 Å². The molecule has 7 nitrogen and oxygen atoms in total. The highest BCUT2D eigenvalue weighted by atomic mass is 19.4. The molecule has 1 aliphatic heterocycles. The van der Waals surface area contributed by atoms with Crippen LogP contribution in [-0.2, 0) is 17.5 Å². The van der Waals surface area contributed by atoms with Gasteiger partial charge in [-0.1, -0.05) is 35.9 Å². The number of fused-ring (bicyclic) bond motifs is 1. The van der Waals surface area contributed by atoms with Crippen molar-refractivity contribution in [1.82, 2.24) is 25.1 Å². The standard InChI is InChI=1S/C26H25F3N6O/c1-17-8-10-20(11-9-17)35-15-21-23(33-35)31-16-32-24(21)34-12-4-6-19(14-34)25(36)30-13-18-5-2-3-7-22(18)26(27,28)29/h2-3,5,7-11,15-16,19H,4,6,12-14H2,1H3,(H,30,36)/t19-/m1/s1. The molecule has 4 aromatic rings. The van der Waals surface area contributed by atoms with Gasteiger partial charge in [-0.25, -0.2) is 14.6 Å². The Morgan fingerprint density at radius 3 is 2.67 bits per heavy atom. The molecule has 36 heavy (non-hydrogen) atoms. The number of nitrogens with zero attached hydrogens (tertiary/aromatic N) is 5. The molecular weight excluding hydrogens is 469 g/mol. The third-order valence-electron chi connectivity index (χ3n) is 6.46. The van der Waals surface area contributed by atoms with Crippen LogP contribution in [0.15, 0.2) is 61.1 Å². The number of aromatic nitrogens is 4. The summed E-state index contributed by atoms with van der Waals surface area (Å²) in [6, 6.07) is 13.3. The zero-order valence-electron chi connectivity index (χ0n) is 19.7. The average Bonchev–Trinajstić information content (AvgIpc) is 3.32. The second-order valence-electron chi connectivity index (χ2n) is 9.00. The smallest absolute Gasteiger partial charge is 0.355 e. The van der Waals surface area contributed by atoms with Gasteiger partial charge in [0.15, 0.2) is 5.65 Å². The van der Waals surface area contributed by atoms with Gasteiger partial charge in [-0.3, -0.25) is 4.79 Å². The van der Waals surface area contributed by atoms with Gasteiger partial charge in [-0.2, -0.15) is 13.2 Å². The fourth-order valence-corrected chi connectivity index (χ4v) is 4.57. The lowest BCUT2D eigenvalue weighted by atomic mass is 9.96. The Bertz CT molecular complexity index is 1380. The molecule has 1 fully saturated rings. The number of anilines is 1. The van der Waals surface area contributed by atoms with Gasteiger partial charge in [-0.05, 0) is 43.5 Å². The summed E-state index contributed by atoms with van der Waals surface area (Å²) in [5.74, 6) is 0.0598. The molecule has 2 aromatic heterocycles. The van der Waals surface area contributed by atoms with Crippen LogP contribution < -0.4 is 10.2 Å². The highest BCUT2D eigenvalue weighted by Gasteiger charge is 2.33. The van der Waals surface area contributed by atoms with E-state index in [1.165, 1.54) is 24.5 Å². The van der Waals surface area contributed by atoms with Crippen LogP contribution in [0.2, 0.25) is 0 Å². The van der Waals surface area contributed by atoms with Crippen LogP contribution in [0.3, 0.4) is 0 Å². The lowest BCUT2D eigenvalue weighted by Crippen LogP contribution is -2.43. The molecule has 1 amide bonds. The molecular formula is C26H25F3N6O. The molecule has 0 aliphatic carbocycles. The SMILES string of the molecule is Cc1ccc(-n2cc3c(N4CCC[C@@H](C(=O)NCc5ccccc5C(F)(F)F)C4)ncnc3n2)cc1. The molecule has 0 unspecified atom stereocenters. The van der Waals surface area contributed by atoms with Crippen molar-refractivity contribution in [2.75, 3.05) is 18.0 Å². The van der Waals surface area contributed by atoms with E-state index in [2.05, 4.69) is 20.4 Å². The third-order valence-corrected chi connectivity index (χ3v) is 6.46. The number of piperidine rings is 1. The summed E-state index contributed by atoms with van der Waals surface area (Å²) in [6.07, 6.45) is 0.286. The fraction of sp³-hybridized carbons (Fsp3) is 0.308. The number of halogens is 3. The predicted molar refractivity (Wildman–Crippen MR) is 130 cm³/mol. The Kier molecular flexibility index (Phi) is 6.34. The van der Waals surface area contributed by atoms with Gasteiger partial charge < -0.3 is 10.2 Å². The monoisotopic (exact) mass is 494 g/mol. The molecule has 1 aliphatic rings. The Hall–Kier alpha value is -3.95. The zero-order valence-corrected chi connectivity index (χ0v) is 19.7. The molecule has 0 radical (unpaired) electrons. The molecule has 1 saturated heterocycles. The normalized spacial score (nSPS) is 16.3. The number of hydrogen-bond acceptors (Lipinski definition) is 5. The highest BCUT2D eigenvalue weighted by molar-refractivity contribution is 5.87. The van der Waals surface area contributed by atoms with Crippen molar-refractivity contribution in [2.24, 2.45) is 5.92 Å². The van der Waals surface area contributed by atoms with E-state index in [0.717, 1.165) is 29.1 Å². The van der Waals surface area contributed by atoms with E-state index >= 15 is 0 Å². The van der Waals surface area contributed by atoms with Crippen molar-refractivity contribution in [2.45, 2.75) is 32.5 Å². The maximum absolute atomic E-state index is 13.3. The minimum atomic E-state index is -4.47. The van der Waals surface area contributed by atoms with Gasteiger partial charge >= 0.3 is 6.18 Å². The van der Waals surface area contributed by atoms with E-state index in [1.54, 1.807) is 4.68 Å². The number of hydrogen-bond donors (Lipinski definition) is 1. The summed E-state index contributed by atoms with van der Waals surface area (Å²) < 4.78 is 41.6. The Morgan fingerprint density at radius 1 is 1.11 bits per heavy atom. The van der Waals surface area contributed by atoms with Gasteiger partial charge in [0.1, 0.15) is 12.1 Å².